The number of primary amides is 1. The fourth-order valence-electron chi connectivity index (χ4n) is 5.31. The van der Waals surface area contributed by atoms with Crippen LogP contribution in [0.1, 0.15) is 49.0 Å². The molecule has 1 heterocycles. The van der Waals surface area contributed by atoms with Crippen LogP contribution in [0.3, 0.4) is 0 Å². The van der Waals surface area contributed by atoms with Crippen molar-refractivity contribution in [1.29, 1.82) is 0 Å². The van der Waals surface area contributed by atoms with E-state index in [9.17, 15) is 33.6 Å². The van der Waals surface area contributed by atoms with Crippen LogP contribution in [0, 0.1) is 0 Å². The third-order valence-electron chi connectivity index (χ3n) is 8.06. The summed E-state index contributed by atoms with van der Waals surface area (Å²) < 4.78 is 0. The van der Waals surface area contributed by atoms with E-state index in [2.05, 4.69) is 16.1 Å². The van der Waals surface area contributed by atoms with Crippen molar-refractivity contribution in [3.63, 3.8) is 0 Å². The van der Waals surface area contributed by atoms with E-state index in [1.54, 1.807) is 41.3 Å². The number of hydrazine groups is 1. The minimum atomic E-state index is -1.20. The minimum absolute atomic E-state index is 0.109. The average molecular weight is 684 g/mol. The van der Waals surface area contributed by atoms with Crippen LogP contribution >= 0.6 is 0 Å². The van der Waals surface area contributed by atoms with E-state index in [0.717, 1.165) is 47.1 Å². The highest BCUT2D eigenvalue weighted by molar-refractivity contribution is 6.09. The molecule has 14 heteroatoms. The molecule has 3 aromatic carbocycles. The first-order valence-corrected chi connectivity index (χ1v) is 16.3. The molecule has 0 aliphatic carbocycles. The lowest BCUT2D eigenvalue weighted by atomic mass is 10.0. The molecule has 14 nitrogen and oxygen atoms in total. The monoisotopic (exact) mass is 683 g/mol. The topological polar surface area (TPSA) is 191 Å². The molecule has 0 saturated carbocycles. The van der Waals surface area contributed by atoms with Crippen molar-refractivity contribution in [2.75, 3.05) is 19.6 Å². The second kappa shape index (κ2) is 17.4. The van der Waals surface area contributed by atoms with Crippen LogP contribution < -0.4 is 21.8 Å². The molecule has 1 aliphatic rings. The highest BCUT2D eigenvalue weighted by atomic mass is 16.2. The number of amides is 8. The summed E-state index contributed by atoms with van der Waals surface area (Å²) in [5.74, 6) is -4.92. The number of nitrogens with one attached hydrogen (secondary N) is 3. The molecule has 0 spiro atoms. The maximum atomic E-state index is 13.5. The van der Waals surface area contributed by atoms with Gasteiger partial charge in [-0.3, -0.25) is 39.1 Å². The Labute approximate surface area is 289 Å². The molecular weight excluding hydrogens is 642 g/mol. The van der Waals surface area contributed by atoms with Crippen LogP contribution in [-0.4, -0.2) is 88.0 Å². The summed E-state index contributed by atoms with van der Waals surface area (Å²) in [5.41, 5.74) is 8.49. The number of nitrogens with zero attached hydrogens (tertiary/aromatic N) is 3. The first-order chi connectivity index (χ1) is 23.9. The number of carbonyl (C=O) groups is 7. The number of nitrogens with two attached hydrogens (primary N) is 1. The third kappa shape index (κ3) is 9.98. The van der Waals surface area contributed by atoms with Gasteiger partial charge in [-0.1, -0.05) is 60.7 Å². The van der Waals surface area contributed by atoms with Crippen molar-refractivity contribution >= 4 is 52.2 Å². The van der Waals surface area contributed by atoms with Crippen LogP contribution in [0.25, 0.3) is 10.8 Å². The van der Waals surface area contributed by atoms with Gasteiger partial charge in [0.25, 0.3) is 23.6 Å². The Morgan fingerprint density at radius 1 is 0.760 bits per heavy atom. The molecule has 1 saturated heterocycles. The second-order valence-corrected chi connectivity index (χ2v) is 11.9. The molecule has 2 atom stereocenters. The van der Waals surface area contributed by atoms with Crippen molar-refractivity contribution in [3.8, 4) is 0 Å². The van der Waals surface area contributed by atoms with Gasteiger partial charge in [-0.25, -0.2) is 9.80 Å². The Balaban J connectivity index is 1.44. The number of carbonyl (C=O) groups excluding carboxylic acids is 7. The van der Waals surface area contributed by atoms with Gasteiger partial charge in [-0.15, -0.1) is 0 Å². The molecule has 1 aliphatic heterocycles. The van der Waals surface area contributed by atoms with Gasteiger partial charge in [0.15, 0.2) is 0 Å². The van der Waals surface area contributed by atoms with Crippen LogP contribution in [0.4, 0.5) is 4.79 Å². The Kier molecular flexibility index (Phi) is 12.8. The first kappa shape index (κ1) is 36.8. The number of rotatable bonds is 11. The Morgan fingerprint density at radius 2 is 1.38 bits per heavy atom. The number of benzene rings is 3. The molecule has 50 heavy (non-hydrogen) atoms. The summed E-state index contributed by atoms with van der Waals surface area (Å²) in [5, 5.41) is 7.40. The molecule has 0 bridgehead atoms. The summed E-state index contributed by atoms with van der Waals surface area (Å²) in [6.45, 7) is 3.14. The maximum absolute atomic E-state index is 13.5. The van der Waals surface area contributed by atoms with E-state index in [1.807, 2.05) is 36.4 Å². The smallest absolute Gasteiger partial charge is 0.318 e. The van der Waals surface area contributed by atoms with E-state index in [4.69, 9.17) is 5.73 Å². The van der Waals surface area contributed by atoms with Gasteiger partial charge in [0.2, 0.25) is 11.8 Å². The van der Waals surface area contributed by atoms with E-state index in [0.29, 0.717) is 23.7 Å². The summed E-state index contributed by atoms with van der Waals surface area (Å²) in [4.78, 5) is 92.8. The number of urea groups is 1. The van der Waals surface area contributed by atoms with Gasteiger partial charge in [-0.2, -0.15) is 0 Å². The lowest BCUT2D eigenvalue weighted by Gasteiger charge is -2.28. The summed E-state index contributed by atoms with van der Waals surface area (Å²) >= 11 is 0. The number of likely N-dealkylation sites (tertiary alicyclic amines) is 1. The Morgan fingerprint density at radius 3 is 2.08 bits per heavy atom. The molecule has 0 unspecified atom stereocenters. The molecule has 5 N–H and O–H groups in total. The molecule has 4 rings (SSSR count). The van der Waals surface area contributed by atoms with Gasteiger partial charge in [0.1, 0.15) is 18.6 Å². The minimum Gasteiger partial charge on any atom is -0.368 e. The van der Waals surface area contributed by atoms with Gasteiger partial charge in [0.05, 0.1) is 6.54 Å². The zero-order valence-electron chi connectivity index (χ0n) is 28.0. The number of hydrogen-bond donors (Lipinski definition) is 4. The molecule has 3 aromatic rings. The summed E-state index contributed by atoms with van der Waals surface area (Å²) in [7, 11) is 0. The van der Waals surface area contributed by atoms with Crippen molar-refractivity contribution in [2.24, 2.45) is 5.73 Å². The van der Waals surface area contributed by atoms with Crippen LogP contribution in [0.5, 0.6) is 0 Å². The van der Waals surface area contributed by atoms with Gasteiger partial charge >= 0.3 is 6.03 Å². The zero-order chi connectivity index (χ0) is 36.2. The normalized spacial score (nSPS) is 13.9. The highest BCUT2D eigenvalue weighted by Crippen LogP contribution is 2.21. The van der Waals surface area contributed by atoms with E-state index in [-0.39, 0.29) is 18.1 Å². The molecule has 262 valence electrons. The van der Waals surface area contributed by atoms with Crippen molar-refractivity contribution in [2.45, 2.75) is 51.7 Å². The maximum Gasteiger partial charge on any atom is 0.318 e. The van der Waals surface area contributed by atoms with Gasteiger partial charge in [0, 0.05) is 30.8 Å². The predicted molar refractivity (Wildman–Crippen MR) is 184 cm³/mol. The van der Waals surface area contributed by atoms with Gasteiger partial charge in [-0.05, 0) is 61.6 Å². The van der Waals surface area contributed by atoms with Crippen LogP contribution in [0.2, 0.25) is 0 Å². The Hall–Kier alpha value is -6.05. The van der Waals surface area contributed by atoms with E-state index >= 15 is 0 Å². The standard InChI is InChI=1S/C36H41N7O7/c1-24(39-36(50)41-20-9-4-10-21-41)33(47)38-25(2)34(48)40-43(23-30(37)44)32(46)19-18-31(45)42(35(49)27-13-5-3-6-14-27)22-28-16-11-15-26-12-7-8-17-29(26)28/h3,5-8,11-19,24-25H,4,9-10,20-23H2,1-2H3,(H2,37,44)(H,38,47)(H,39,50)(H,40,48)/b19-18+/t24-,25-/m0/s1. The van der Waals surface area contributed by atoms with Crippen LogP contribution in [-0.2, 0) is 30.5 Å². The van der Waals surface area contributed by atoms with Crippen molar-refractivity contribution in [3.05, 3.63) is 96.1 Å². The first-order valence-electron chi connectivity index (χ1n) is 16.3. The predicted octanol–water partition coefficient (Wildman–Crippen LogP) is 2.00. The quantitative estimate of drug-likeness (QED) is 0.175. The van der Waals surface area contributed by atoms with Crippen molar-refractivity contribution < 1.29 is 33.6 Å². The number of fused-ring (bicyclic) bond motifs is 1. The summed E-state index contributed by atoms with van der Waals surface area (Å²) in [6.07, 6.45) is 4.47. The van der Waals surface area contributed by atoms with Crippen molar-refractivity contribution in [1.82, 2.24) is 30.9 Å². The SMILES string of the molecule is C[C@H](NC(=O)[C@H](C)NC(=O)N1CCCCC1)C(=O)NN(CC(N)=O)C(=O)/C=C/C(=O)N(Cc1cccc2ccccc12)C(=O)c1ccccc1. The zero-order valence-corrected chi connectivity index (χ0v) is 28.0. The highest BCUT2D eigenvalue weighted by Gasteiger charge is 2.27. The summed E-state index contributed by atoms with van der Waals surface area (Å²) in [6, 6.07) is 18.6. The fourth-order valence-corrected chi connectivity index (χ4v) is 5.31. The molecule has 1 fully saturated rings. The molecule has 8 amide bonds. The van der Waals surface area contributed by atoms with Gasteiger partial charge < -0.3 is 21.3 Å². The third-order valence-corrected chi connectivity index (χ3v) is 8.06. The Bertz CT molecular complexity index is 1770. The van der Waals surface area contributed by atoms with Crippen LogP contribution in [0.15, 0.2) is 84.9 Å². The second-order valence-electron chi connectivity index (χ2n) is 11.9. The molecule has 0 radical (unpaired) electrons. The average Bonchev–Trinajstić information content (AvgIpc) is 3.12. The number of imide groups is 1. The number of piperidine rings is 1. The number of hydrogen-bond acceptors (Lipinski definition) is 7. The van der Waals surface area contributed by atoms with E-state index < -0.39 is 54.1 Å². The van der Waals surface area contributed by atoms with E-state index in [1.165, 1.54) is 13.8 Å². The largest absolute Gasteiger partial charge is 0.368 e. The lowest BCUT2D eigenvalue weighted by Crippen LogP contribution is -2.57. The molecular formula is C36H41N7O7. The molecule has 0 aromatic heterocycles. The lowest BCUT2D eigenvalue weighted by molar-refractivity contribution is -0.142. The fraction of sp³-hybridized carbons (Fsp3) is 0.306.